The lowest BCUT2D eigenvalue weighted by atomic mass is 10.2. The molecule has 0 aliphatic heterocycles. The number of H-pyrrole nitrogens is 2. The summed E-state index contributed by atoms with van der Waals surface area (Å²) in [6.07, 6.45) is 3.34. The first kappa shape index (κ1) is 8.55. The highest BCUT2D eigenvalue weighted by atomic mass is 16.4. The maximum atomic E-state index is 10.7. The van der Waals surface area contributed by atoms with Crippen LogP contribution in [0.2, 0.25) is 0 Å². The van der Waals surface area contributed by atoms with Crippen molar-refractivity contribution in [3.8, 4) is 11.3 Å². The van der Waals surface area contributed by atoms with E-state index in [1.54, 1.807) is 25.4 Å². The number of nitrogens with zero attached hydrogens (tertiary/aromatic N) is 1. The number of carboxylic acid groups (broad SMARTS) is 1. The Bertz CT molecular complexity index is 456. The molecular weight excluding hydrogens is 182 g/mol. The molecule has 0 aromatic carbocycles. The Balaban J connectivity index is 2.48. The summed E-state index contributed by atoms with van der Waals surface area (Å²) in [4.78, 5) is 13.6. The third-order valence-electron chi connectivity index (χ3n) is 2.04. The number of nitrogens with one attached hydrogen (secondary N) is 2. The number of aromatic carboxylic acids is 1. The van der Waals surface area contributed by atoms with Crippen LogP contribution >= 0.6 is 0 Å². The topological polar surface area (TPSA) is 81.8 Å². The molecule has 0 saturated carbocycles. The predicted molar refractivity (Wildman–Crippen MR) is 50.1 cm³/mol. The molecule has 5 heteroatoms. The number of aromatic amines is 2. The van der Waals surface area contributed by atoms with Crippen molar-refractivity contribution in [1.29, 1.82) is 0 Å². The van der Waals surface area contributed by atoms with E-state index in [1.807, 2.05) is 0 Å². The Morgan fingerprint density at radius 2 is 2.36 bits per heavy atom. The Kier molecular flexibility index (Phi) is 1.85. The second-order valence-electron chi connectivity index (χ2n) is 3.03. The third-order valence-corrected chi connectivity index (χ3v) is 2.04. The minimum Gasteiger partial charge on any atom is -0.477 e. The van der Waals surface area contributed by atoms with Crippen LogP contribution in [0.4, 0.5) is 0 Å². The first-order valence-electron chi connectivity index (χ1n) is 4.10. The average molecular weight is 191 g/mol. The van der Waals surface area contributed by atoms with Crippen LogP contribution in [-0.4, -0.2) is 26.3 Å². The van der Waals surface area contributed by atoms with Crippen LogP contribution in [0, 0.1) is 6.92 Å². The fourth-order valence-electron chi connectivity index (χ4n) is 1.33. The van der Waals surface area contributed by atoms with Gasteiger partial charge in [0.25, 0.3) is 0 Å². The van der Waals surface area contributed by atoms with Crippen molar-refractivity contribution in [3.05, 3.63) is 29.7 Å². The third kappa shape index (κ3) is 1.28. The number of aromatic nitrogens is 3. The molecule has 0 bridgehead atoms. The van der Waals surface area contributed by atoms with Crippen LogP contribution in [0.1, 0.15) is 16.1 Å². The molecule has 5 nitrogen and oxygen atoms in total. The highest BCUT2D eigenvalue weighted by Crippen LogP contribution is 2.20. The zero-order valence-corrected chi connectivity index (χ0v) is 7.53. The number of carboxylic acids is 1. The molecule has 0 fully saturated rings. The van der Waals surface area contributed by atoms with E-state index in [0.717, 1.165) is 11.3 Å². The Labute approximate surface area is 79.8 Å². The number of hydrogen-bond acceptors (Lipinski definition) is 2. The van der Waals surface area contributed by atoms with E-state index in [-0.39, 0.29) is 5.69 Å². The van der Waals surface area contributed by atoms with Crippen molar-refractivity contribution < 1.29 is 9.90 Å². The minimum atomic E-state index is -0.947. The fraction of sp³-hybridized carbons (Fsp3) is 0.111. The highest BCUT2D eigenvalue weighted by Gasteiger charge is 2.12. The summed E-state index contributed by atoms with van der Waals surface area (Å²) in [6, 6.07) is 1.79. The molecule has 0 aliphatic carbocycles. The summed E-state index contributed by atoms with van der Waals surface area (Å²) >= 11 is 0. The molecule has 0 amide bonds. The second-order valence-corrected chi connectivity index (χ2v) is 3.03. The smallest absolute Gasteiger partial charge is 0.352 e. The number of hydrogen-bond donors (Lipinski definition) is 3. The summed E-state index contributed by atoms with van der Waals surface area (Å²) in [5.74, 6) is -0.947. The molecule has 14 heavy (non-hydrogen) atoms. The van der Waals surface area contributed by atoms with Crippen molar-refractivity contribution in [3.63, 3.8) is 0 Å². The summed E-state index contributed by atoms with van der Waals surface area (Å²) in [6.45, 7) is 1.75. The first-order chi connectivity index (χ1) is 6.68. The zero-order chi connectivity index (χ0) is 10.1. The molecule has 0 saturated heterocycles. The maximum Gasteiger partial charge on any atom is 0.352 e. The lowest BCUT2D eigenvalue weighted by Crippen LogP contribution is -1.98. The van der Waals surface area contributed by atoms with E-state index >= 15 is 0 Å². The molecule has 0 atom stereocenters. The van der Waals surface area contributed by atoms with Crippen molar-refractivity contribution in [2.45, 2.75) is 6.92 Å². The molecule has 2 aromatic heterocycles. The van der Waals surface area contributed by atoms with Gasteiger partial charge in [0, 0.05) is 17.5 Å². The molecule has 2 aromatic rings. The largest absolute Gasteiger partial charge is 0.477 e. The van der Waals surface area contributed by atoms with Crippen LogP contribution in [0.25, 0.3) is 11.3 Å². The van der Waals surface area contributed by atoms with Crippen molar-refractivity contribution in [2.24, 2.45) is 0 Å². The van der Waals surface area contributed by atoms with Crippen LogP contribution in [0.15, 0.2) is 18.5 Å². The average Bonchev–Trinajstić information content (AvgIpc) is 2.70. The maximum absolute atomic E-state index is 10.7. The van der Waals surface area contributed by atoms with E-state index in [9.17, 15) is 4.79 Å². The second kappa shape index (κ2) is 3.02. The Morgan fingerprint density at radius 1 is 1.57 bits per heavy atom. The number of carbonyl (C=O) groups is 1. The van der Waals surface area contributed by atoms with Gasteiger partial charge < -0.3 is 10.1 Å². The molecular formula is C9H9N3O2. The normalized spacial score (nSPS) is 10.4. The van der Waals surface area contributed by atoms with Gasteiger partial charge in [0.15, 0.2) is 0 Å². The zero-order valence-electron chi connectivity index (χ0n) is 7.53. The monoisotopic (exact) mass is 191 g/mol. The van der Waals surface area contributed by atoms with Crippen molar-refractivity contribution in [1.82, 2.24) is 15.2 Å². The molecule has 2 rings (SSSR count). The summed E-state index contributed by atoms with van der Waals surface area (Å²) < 4.78 is 0. The van der Waals surface area contributed by atoms with Crippen molar-refractivity contribution >= 4 is 5.97 Å². The predicted octanol–water partition coefficient (Wildman–Crippen LogP) is 1.41. The van der Waals surface area contributed by atoms with E-state index in [1.165, 1.54) is 0 Å². The van der Waals surface area contributed by atoms with Gasteiger partial charge in [0.2, 0.25) is 0 Å². The molecule has 72 valence electrons. The SMILES string of the molecule is Cc1cc(-c2cn[nH]c2)[nH]c1C(=O)O. The lowest BCUT2D eigenvalue weighted by Gasteiger charge is -1.90. The van der Waals surface area contributed by atoms with Gasteiger partial charge in [-0.25, -0.2) is 4.79 Å². The van der Waals surface area contributed by atoms with Gasteiger partial charge in [-0.1, -0.05) is 0 Å². The molecule has 0 aliphatic rings. The Hall–Kier alpha value is -2.04. The van der Waals surface area contributed by atoms with Crippen LogP contribution in [-0.2, 0) is 0 Å². The van der Waals surface area contributed by atoms with Crippen LogP contribution < -0.4 is 0 Å². The van der Waals surface area contributed by atoms with Crippen LogP contribution in [0.3, 0.4) is 0 Å². The fourth-order valence-corrected chi connectivity index (χ4v) is 1.33. The summed E-state index contributed by atoms with van der Waals surface area (Å²) in [5, 5.41) is 15.3. The molecule has 2 heterocycles. The lowest BCUT2D eigenvalue weighted by molar-refractivity contribution is 0.0690. The standard InChI is InChI=1S/C9H9N3O2/c1-5-2-7(6-3-10-11-4-6)12-8(5)9(13)14/h2-4,12H,1H3,(H,10,11)(H,13,14). The highest BCUT2D eigenvalue weighted by molar-refractivity contribution is 5.88. The number of aryl methyl sites for hydroxylation is 1. The van der Waals surface area contributed by atoms with E-state index < -0.39 is 5.97 Å². The van der Waals surface area contributed by atoms with Gasteiger partial charge in [0.05, 0.1) is 6.20 Å². The minimum absolute atomic E-state index is 0.223. The van der Waals surface area contributed by atoms with Gasteiger partial charge in [-0.05, 0) is 18.6 Å². The van der Waals surface area contributed by atoms with Gasteiger partial charge in [-0.2, -0.15) is 5.10 Å². The Morgan fingerprint density at radius 3 is 2.86 bits per heavy atom. The van der Waals surface area contributed by atoms with Gasteiger partial charge in [0.1, 0.15) is 5.69 Å². The van der Waals surface area contributed by atoms with E-state index in [0.29, 0.717) is 5.56 Å². The molecule has 0 spiro atoms. The van der Waals surface area contributed by atoms with Gasteiger partial charge in [-0.15, -0.1) is 0 Å². The summed E-state index contributed by atoms with van der Waals surface area (Å²) in [5.41, 5.74) is 2.55. The molecule has 0 unspecified atom stereocenters. The van der Waals surface area contributed by atoms with Crippen LogP contribution in [0.5, 0.6) is 0 Å². The van der Waals surface area contributed by atoms with E-state index in [4.69, 9.17) is 5.11 Å². The van der Waals surface area contributed by atoms with Gasteiger partial charge in [-0.3, -0.25) is 5.10 Å². The molecule has 0 radical (unpaired) electrons. The van der Waals surface area contributed by atoms with Gasteiger partial charge >= 0.3 is 5.97 Å². The quantitative estimate of drug-likeness (QED) is 0.671. The first-order valence-corrected chi connectivity index (χ1v) is 4.10. The van der Waals surface area contributed by atoms with E-state index in [2.05, 4.69) is 15.2 Å². The number of rotatable bonds is 2. The summed E-state index contributed by atoms with van der Waals surface area (Å²) in [7, 11) is 0. The molecule has 3 N–H and O–H groups in total. The van der Waals surface area contributed by atoms with Crippen molar-refractivity contribution in [2.75, 3.05) is 0 Å².